The predicted molar refractivity (Wildman–Crippen MR) is 103 cm³/mol. The van der Waals surface area contributed by atoms with E-state index in [0.717, 1.165) is 24.3 Å². The predicted octanol–water partition coefficient (Wildman–Crippen LogP) is 3.85. The van der Waals surface area contributed by atoms with Crippen molar-refractivity contribution in [2.75, 3.05) is 19.5 Å². The number of nitrogens with zero attached hydrogens (tertiary/aromatic N) is 1. The molecule has 3 rings (SSSR count). The molecule has 1 aromatic carbocycles. The van der Waals surface area contributed by atoms with Gasteiger partial charge in [-0.15, -0.1) is 0 Å². The number of nitrogens with one attached hydrogen (secondary N) is 2. The van der Waals surface area contributed by atoms with Crippen molar-refractivity contribution in [2.24, 2.45) is 0 Å². The van der Waals surface area contributed by atoms with Gasteiger partial charge in [-0.05, 0) is 48.8 Å². The summed E-state index contributed by atoms with van der Waals surface area (Å²) in [4.78, 5) is 4.19. The van der Waals surface area contributed by atoms with Crippen LogP contribution in [0.1, 0.15) is 31.2 Å². The number of hydrogen-bond acceptors (Lipinski definition) is 4. The summed E-state index contributed by atoms with van der Waals surface area (Å²) >= 11 is 5.55. The fraction of sp³-hybridized carbons (Fsp3) is 0.368. The summed E-state index contributed by atoms with van der Waals surface area (Å²) in [5, 5.41) is 7.36. The van der Waals surface area contributed by atoms with Crippen molar-refractivity contribution in [1.29, 1.82) is 0 Å². The van der Waals surface area contributed by atoms with Crippen molar-refractivity contribution in [1.82, 2.24) is 10.3 Å². The molecule has 0 aliphatic heterocycles. The molecule has 2 aromatic rings. The molecule has 5 nitrogen and oxygen atoms in total. The zero-order chi connectivity index (χ0) is 17.7. The standard InChI is InChI=1S/C19H23N3O2S/c1-23-16-8-5-14(6-9-16)19(11-3-4-12-19)22-18(25)21-15-7-10-17(24-2)20-13-15/h5-10,13H,3-4,11-12H2,1-2H3,(H2,21,22,25). The molecule has 6 heteroatoms. The summed E-state index contributed by atoms with van der Waals surface area (Å²) in [5.41, 5.74) is 1.94. The third-order valence-electron chi connectivity index (χ3n) is 4.66. The average Bonchev–Trinajstić information content (AvgIpc) is 3.12. The van der Waals surface area contributed by atoms with Crippen LogP contribution in [0, 0.1) is 0 Å². The summed E-state index contributed by atoms with van der Waals surface area (Å²) in [6.07, 6.45) is 6.20. The quantitative estimate of drug-likeness (QED) is 0.793. The average molecular weight is 357 g/mol. The first kappa shape index (κ1) is 17.5. The smallest absolute Gasteiger partial charge is 0.213 e. The lowest BCUT2D eigenvalue weighted by molar-refractivity contribution is 0.398. The van der Waals surface area contributed by atoms with Crippen LogP contribution in [0.5, 0.6) is 11.6 Å². The third kappa shape index (κ3) is 4.02. The van der Waals surface area contributed by atoms with Gasteiger partial charge >= 0.3 is 0 Å². The number of benzene rings is 1. The maximum absolute atomic E-state index is 5.55. The number of rotatable bonds is 5. The summed E-state index contributed by atoms with van der Waals surface area (Å²) < 4.78 is 10.3. The Morgan fingerprint density at radius 1 is 1.04 bits per heavy atom. The van der Waals surface area contributed by atoms with Crippen molar-refractivity contribution in [3.63, 3.8) is 0 Å². The van der Waals surface area contributed by atoms with E-state index in [0.29, 0.717) is 11.0 Å². The minimum atomic E-state index is -0.129. The Labute approximate surface area is 153 Å². The molecule has 1 fully saturated rings. The van der Waals surface area contributed by atoms with Gasteiger partial charge in [0, 0.05) is 6.07 Å². The Bertz CT molecular complexity index is 710. The van der Waals surface area contributed by atoms with Crippen molar-refractivity contribution in [3.05, 3.63) is 48.2 Å². The first-order valence-electron chi connectivity index (χ1n) is 8.39. The Morgan fingerprint density at radius 3 is 2.32 bits per heavy atom. The Morgan fingerprint density at radius 2 is 1.76 bits per heavy atom. The molecular weight excluding hydrogens is 334 g/mol. The van der Waals surface area contributed by atoms with Crippen LogP contribution in [0.3, 0.4) is 0 Å². The van der Waals surface area contributed by atoms with E-state index in [9.17, 15) is 0 Å². The number of hydrogen-bond donors (Lipinski definition) is 2. The van der Waals surface area contributed by atoms with Crippen LogP contribution in [-0.4, -0.2) is 24.3 Å². The lowest BCUT2D eigenvalue weighted by Crippen LogP contribution is -2.45. The molecule has 132 valence electrons. The van der Waals surface area contributed by atoms with E-state index < -0.39 is 0 Å². The van der Waals surface area contributed by atoms with Gasteiger partial charge in [-0.1, -0.05) is 25.0 Å². The molecular formula is C19H23N3O2S. The van der Waals surface area contributed by atoms with Gasteiger partial charge in [0.1, 0.15) is 5.75 Å². The van der Waals surface area contributed by atoms with Crippen LogP contribution in [0.25, 0.3) is 0 Å². The van der Waals surface area contributed by atoms with Crippen molar-refractivity contribution < 1.29 is 9.47 Å². The second-order valence-electron chi connectivity index (χ2n) is 6.19. The molecule has 0 atom stereocenters. The first-order valence-corrected chi connectivity index (χ1v) is 8.80. The highest BCUT2D eigenvalue weighted by Crippen LogP contribution is 2.39. The molecule has 0 bridgehead atoms. The molecule has 0 spiro atoms. The first-order chi connectivity index (χ1) is 12.1. The Balaban J connectivity index is 1.72. The number of methoxy groups -OCH3 is 2. The summed E-state index contributed by atoms with van der Waals surface area (Å²) in [5.74, 6) is 1.44. The highest BCUT2D eigenvalue weighted by Gasteiger charge is 2.36. The number of anilines is 1. The molecule has 25 heavy (non-hydrogen) atoms. The number of pyridine rings is 1. The van der Waals surface area contributed by atoms with Gasteiger partial charge in [-0.2, -0.15) is 0 Å². The van der Waals surface area contributed by atoms with Gasteiger partial charge in [0.25, 0.3) is 0 Å². The monoisotopic (exact) mass is 357 g/mol. The molecule has 0 amide bonds. The topological polar surface area (TPSA) is 55.4 Å². The number of thiocarbonyl (C=S) groups is 1. The molecule has 1 aliphatic carbocycles. The Kier molecular flexibility index (Phi) is 5.38. The summed E-state index contributed by atoms with van der Waals surface area (Å²) in [6, 6.07) is 11.9. The van der Waals surface area contributed by atoms with Crippen LogP contribution in [0.4, 0.5) is 5.69 Å². The highest BCUT2D eigenvalue weighted by molar-refractivity contribution is 7.80. The molecule has 1 aromatic heterocycles. The molecule has 2 N–H and O–H groups in total. The SMILES string of the molecule is COc1ccc(C2(NC(=S)Nc3ccc(OC)nc3)CCCC2)cc1. The van der Waals surface area contributed by atoms with Crippen LogP contribution in [0.15, 0.2) is 42.6 Å². The van der Waals surface area contributed by atoms with Gasteiger partial charge in [0.15, 0.2) is 5.11 Å². The van der Waals surface area contributed by atoms with E-state index >= 15 is 0 Å². The zero-order valence-corrected chi connectivity index (χ0v) is 15.4. The molecule has 1 saturated carbocycles. The van der Waals surface area contributed by atoms with Gasteiger partial charge in [-0.3, -0.25) is 0 Å². The maximum Gasteiger partial charge on any atom is 0.213 e. The van der Waals surface area contributed by atoms with Gasteiger partial charge in [0.05, 0.1) is 31.6 Å². The van der Waals surface area contributed by atoms with Crippen molar-refractivity contribution in [2.45, 2.75) is 31.2 Å². The highest BCUT2D eigenvalue weighted by atomic mass is 32.1. The minimum absolute atomic E-state index is 0.129. The van der Waals surface area contributed by atoms with Crippen LogP contribution >= 0.6 is 12.2 Å². The lowest BCUT2D eigenvalue weighted by atomic mass is 9.88. The fourth-order valence-corrected chi connectivity index (χ4v) is 3.64. The van der Waals surface area contributed by atoms with Crippen LogP contribution in [-0.2, 0) is 5.54 Å². The minimum Gasteiger partial charge on any atom is -0.497 e. The summed E-state index contributed by atoms with van der Waals surface area (Å²) in [7, 11) is 3.28. The van der Waals surface area contributed by atoms with Crippen LogP contribution < -0.4 is 20.1 Å². The van der Waals surface area contributed by atoms with E-state index in [4.69, 9.17) is 21.7 Å². The van der Waals surface area contributed by atoms with Crippen molar-refractivity contribution >= 4 is 23.0 Å². The molecule has 1 heterocycles. The largest absolute Gasteiger partial charge is 0.497 e. The molecule has 0 radical (unpaired) electrons. The van der Waals surface area contributed by atoms with E-state index in [1.54, 1.807) is 26.5 Å². The molecule has 1 aliphatic rings. The van der Waals surface area contributed by atoms with E-state index in [1.165, 1.54) is 18.4 Å². The van der Waals surface area contributed by atoms with Gasteiger partial charge in [0.2, 0.25) is 5.88 Å². The second-order valence-corrected chi connectivity index (χ2v) is 6.59. The number of aromatic nitrogens is 1. The van der Waals surface area contributed by atoms with Crippen molar-refractivity contribution in [3.8, 4) is 11.6 Å². The maximum atomic E-state index is 5.55. The number of ether oxygens (including phenoxy) is 2. The van der Waals surface area contributed by atoms with E-state index in [1.807, 2.05) is 18.2 Å². The summed E-state index contributed by atoms with van der Waals surface area (Å²) in [6.45, 7) is 0. The fourth-order valence-electron chi connectivity index (χ4n) is 3.33. The van der Waals surface area contributed by atoms with E-state index in [-0.39, 0.29) is 5.54 Å². The molecule has 0 unspecified atom stereocenters. The third-order valence-corrected chi connectivity index (χ3v) is 4.86. The Hall–Kier alpha value is -2.34. The zero-order valence-electron chi connectivity index (χ0n) is 14.5. The normalized spacial score (nSPS) is 15.4. The van der Waals surface area contributed by atoms with Crippen LogP contribution in [0.2, 0.25) is 0 Å². The lowest BCUT2D eigenvalue weighted by Gasteiger charge is -2.32. The molecule has 0 saturated heterocycles. The van der Waals surface area contributed by atoms with Gasteiger partial charge < -0.3 is 20.1 Å². The van der Waals surface area contributed by atoms with Gasteiger partial charge in [-0.25, -0.2) is 4.98 Å². The second kappa shape index (κ2) is 7.70. The van der Waals surface area contributed by atoms with E-state index in [2.05, 4.69) is 27.8 Å².